The molecule has 2 N–H and O–H groups in total. The molecule has 29 heavy (non-hydrogen) atoms. The lowest BCUT2D eigenvalue weighted by atomic mass is 10.2. The topological polar surface area (TPSA) is 98.1 Å². The van der Waals surface area contributed by atoms with Gasteiger partial charge in [0.05, 0.1) is 18.7 Å². The first kappa shape index (κ1) is 20.6. The molecule has 0 aliphatic rings. The first-order valence-corrected chi connectivity index (χ1v) is 9.38. The summed E-state index contributed by atoms with van der Waals surface area (Å²) in [7, 11) is 0. The van der Waals surface area contributed by atoms with E-state index in [0.29, 0.717) is 34.4 Å². The molecule has 3 rings (SSSR count). The zero-order chi connectivity index (χ0) is 20.8. The summed E-state index contributed by atoms with van der Waals surface area (Å²) in [6.07, 6.45) is 1.48. The van der Waals surface area contributed by atoms with Crippen LogP contribution in [0.15, 0.2) is 48.8 Å². The van der Waals surface area contributed by atoms with E-state index in [1.165, 1.54) is 6.33 Å². The molecule has 8 nitrogen and oxygen atoms in total. The number of benzene rings is 2. The van der Waals surface area contributed by atoms with Gasteiger partial charge in [-0.05, 0) is 48.9 Å². The predicted molar refractivity (Wildman–Crippen MR) is 111 cm³/mol. The number of aromatic nitrogens is 3. The molecular weight excluding hydrogens is 417 g/mol. The minimum atomic E-state index is -0.517. The molecule has 1 heterocycles. The van der Waals surface area contributed by atoms with Gasteiger partial charge in [0.25, 0.3) is 0 Å². The molecule has 150 valence electrons. The number of carbonyl (C=O) groups is 2. The third-order valence-corrected chi connectivity index (χ3v) is 4.35. The lowest BCUT2D eigenvalue weighted by Gasteiger charge is -2.06. The Hall–Kier alpha value is -3.10. The molecule has 0 aliphatic carbocycles. The van der Waals surface area contributed by atoms with Crippen LogP contribution in [0, 0.1) is 0 Å². The highest BCUT2D eigenvalue weighted by Crippen LogP contribution is 2.21. The highest BCUT2D eigenvalue weighted by molar-refractivity contribution is 6.35. The van der Waals surface area contributed by atoms with E-state index in [2.05, 4.69) is 20.7 Å². The molecule has 0 spiro atoms. The smallest absolute Gasteiger partial charge is 0.338 e. The van der Waals surface area contributed by atoms with Crippen molar-refractivity contribution >= 4 is 46.8 Å². The number of nitrogens with one attached hydrogen (secondary N) is 2. The fourth-order valence-corrected chi connectivity index (χ4v) is 2.89. The Morgan fingerprint density at radius 2 is 1.86 bits per heavy atom. The minimum absolute atomic E-state index is 0.135. The van der Waals surface area contributed by atoms with Crippen molar-refractivity contribution in [2.24, 2.45) is 0 Å². The Morgan fingerprint density at radius 1 is 1.10 bits per heavy atom. The van der Waals surface area contributed by atoms with Crippen molar-refractivity contribution in [1.82, 2.24) is 14.8 Å². The number of amides is 2. The molecule has 0 bridgehead atoms. The van der Waals surface area contributed by atoms with E-state index in [1.807, 2.05) is 0 Å². The zero-order valence-corrected chi connectivity index (χ0v) is 16.9. The van der Waals surface area contributed by atoms with Crippen LogP contribution in [0.3, 0.4) is 0 Å². The second kappa shape index (κ2) is 9.40. The quantitative estimate of drug-likeness (QED) is 0.559. The molecule has 0 radical (unpaired) electrons. The van der Waals surface area contributed by atoms with Crippen molar-refractivity contribution in [2.75, 3.05) is 17.2 Å². The normalized spacial score (nSPS) is 10.4. The van der Waals surface area contributed by atoms with Gasteiger partial charge < -0.3 is 10.1 Å². The summed E-state index contributed by atoms with van der Waals surface area (Å²) in [4.78, 5) is 27.8. The van der Waals surface area contributed by atoms with Crippen molar-refractivity contribution < 1.29 is 14.3 Å². The van der Waals surface area contributed by atoms with Crippen molar-refractivity contribution in [3.05, 3.63) is 70.0 Å². The summed E-state index contributed by atoms with van der Waals surface area (Å²) in [5.41, 5.74) is 1.72. The Kier molecular flexibility index (Phi) is 6.69. The minimum Gasteiger partial charge on any atom is -0.462 e. The van der Waals surface area contributed by atoms with Gasteiger partial charge in [0, 0.05) is 15.7 Å². The van der Waals surface area contributed by atoms with Gasteiger partial charge in [0.2, 0.25) is 5.95 Å². The van der Waals surface area contributed by atoms with Gasteiger partial charge in [-0.25, -0.2) is 19.3 Å². The van der Waals surface area contributed by atoms with Gasteiger partial charge in [-0.3, -0.25) is 5.32 Å². The summed E-state index contributed by atoms with van der Waals surface area (Å²) in [6, 6.07) is 11.0. The Bertz CT molecular complexity index is 1020. The van der Waals surface area contributed by atoms with Crippen LogP contribution in [-0.4, -0.2) is 33.4 Å². The fourth-order valence-electron chi connectivity index (χ4n) is 2.42. The van der Waals surface area contributed by atoms with Gasteiger partial charge in [-0.1, -0.05) is 29.3 Å². The van der Waals surface area contributed by atoms with Gasteiger partial charge in [0.1, 0.15) is 6.33 Å². The number of hydrogen-bond donors (Lipinski definition) is 2. The Morgan fingerprint density at radius 3 is 2.55 bits per heavy atom. The molecule has 0 saturated carbocycles. The highest BCUT2D eigenvalue weighted by Gasteiger charge is 2.10. The molecule has 1 aromatic heterocycles. The number of esters is 1. The molecular formula is C19H17Cl2N5O3. The second-order valence-electron chi connectivity index (χ2n) is 5.88. The summed E-state index contributed by atoms with van der Waals surface area (Å²) in [5.74, 6) is -0.283. The number of ether oxygens (including phenoxy) is 1. The molecule has 0 fully saturated rings. The Balaban J connectivity index is 1.56. The largest absolute Gasteiger partial charge is 0.462 e. The first-order chi connectivity index (χ1) is 13.9. The molecule has 10 heteroatoms. The third kappa shape index (κ3) is 5.69. The maximum atomic E-state index is 12.1. The van der Waals surface area contributed by atoms with E-state index in [1.54, 1.807) is 54.1 Å². The van der Waals surface area contributed by atoms with Crippen molar-refractivity contribution in [1.29, 1.82) is 0 Å². The molecule has 3 aromatic rings. The first-order valence-electron chi connectivity index (χ1n) is 8.63. The van der Waals surface area contributed by atoms with Gasteiger partial charge in [0.15, 0.2) is 0 Å². The van der Waals surface area contributed by atoms with E-state index < -0.39 is 12.0 Å². The lowest BCUT2D eigenvalue weighted by molar-refractivity contribution is 0.0526. The molecule has 0 unspecified atom stereocenters. The van der Waals surface area contributed by atoms with E-state index in [4.69, 9.17) is 27.9 Å². The summed E-state index contributed by atoms with van der Waals surface area (Å²) < 4.78 is 6.45. The standard InChI is InChI=1S/C19H17Cl2N5O3/c1-2-29-17(27)12-4-7-15(8-5-12)23-19(28)24-18-22-11-26(25-18)10-13-3-6-14(20)9-16(13)21/h3-9,11H,2,10H2,1H3,(H2,23,24,25,28). The van der Waals surface area contributed by atoms with Crippen LogP contribution in [0.4, 0.5) is 16.4 Å². The summed E-state index contributed by atoms with van der Waals surface area (Å²) >= 11 is 12.0. The van der Waals surface area contributed by atoms with Gasteiger partial charge >= 0.3 is 12.0 Å². The van der Waals surface area contributed by atoms with E-state index in [-0.39, 0.29) is 5.95 Å². The second-order valence-corrected chi connectivity index (χ2v) is 6.72. The van der Waals surface area contributed by atoms with Gasteiger partial charge in [-0.15, -0.1) is 5.10 Å². The van der Waals surface area contributed by atoms with E-state index >= 15 is 0 Å². The summed E-state index contributed by atoms with van der Waals surface area (Å²) in [6.45, 7) is 2.41. The van der Waals surface area contributed by atoms with Crippen LogP contribution in [-0.2, 0) is 11.3 Å². The maximum absolute atomic E-state index is 12.1. The highest BCUT2D eigenvalue weighted by atomic mass is 35.5. The van der Waals surface area contributed by atoms with Crippen LogP contribution in [0.25, 0.3) is 0 Å². The molecule has 0 saturated heterocycles. The average Bonchev–Trinajstić information content (AvgIpc) is 3.11. The Labute approximate surface area is 176 Å². The monoisotopic (exact) mass is 433 g/mol. The van der Waals surface area contributed by atoms with Crippen LogP contribution in [0.2, 0.25) is 10.0 Å². The van der Waals surface area contributed by atoms with E-state index in [0.717, 1.165) is 5.56 Å². The molecule has 2 amide bonds. The van der Waals surface area contributed by atoms with Crippen molar-refractivity contribution in [2.45, 2.75) is 13.5 Å². The number of carbonyl (C=O) groups excluding carboxylic acids is 2. The van der Waals surface area contributed by atoms with E-state index in [9.17, 15) is 9.59 Å². The zero-order valence-electron chi connectivity index (χ0n) is 15.4. The molecule has 0 aliphatic heterocycles. The number of hydrogen-bond acceptors (Lipinski definition) is 5. The van der Waals surface area contributed by atoms with Crippen LogP contribution < -0.4 is 10.6 Å². The third-order valence-electron chi connectivity index (χ3n) is 3.76. The number of nitrogens with zero attached hydrogens (tertiary/aromatic N) is 3. The SMILES string of the molecule is CCOC(=O)c1ccc(NC(=O)Nc2ncn(Cc3ccc(Cl)cc3Cl)n2)cc1. The van der Waals surface area contributed by atoms with Gasteiger partial charge in [-0.2, -0.15) is 0 Å². The number of rotatable bonds is 6. The predicted octanol–water partition coefficient (Wildman–Crippen LogP) is 4.45. The van der Waals surface area contributed by atoms with Crippen molar-refractivity contribution in [3.63, 3.8) is 0 Å². The number of urea groups is 1. The van der Waals surface area contributed by atoms with Crippen LogP contribution in [0.5, 0.6) is 0 Å². The van der Waals surface area contributed by atoms with Crippen LogP contribution >= 0.6 is 23.2 Å². The molecule has 0 atom stereocenters. The lowest BCUT2D eigenvalue weighted by Crippen LogP contribution is -2.20. The fraction of sp³-hybridized carbons (Fsp3) is 0.158. The number of halogens is 2. The average molecular weight is 434 g/mol. The maximum Gasteiger partial charge on any atom is 0.338 e. The van der Waals surface area contributed by atoms with Crippen LogP contribution in [0.1, 0.15) is 22.8 Å². The molecule has 2 aromatic carbocycles. The number of anilines is 2. The van der Waals surface area contributed by atoms with Crippen molar-refractivity contribution in [3.8, 4) is 0 Å². The summed E-state index contributed by atoms with van der Waals surface area (Å²) in [5, 5.41) is 10.4.